The van der Waals surface area contributed by atoms with E-state index in [1.54, 1.807) is 42.5 Å². The second-order valence-corrected chi connectivity index (χ2v) is 8.33. The molecule has 4 rings (SSSR count). The molecule has 3 aromatic rings. The van der Waals surface area contributed by atoms with E-state index >= 15 is 0 Å². The maximum atomic E-state index is 13.0. The number of carbonyl (C=O) groups is 3. The van der Waals surface area contributed by atoms with Crippen LogP contribution in [-0.2, 0) is 0 Å². The number of nitrogens with zero attached hydrogens (tertiary/aromatic N) is 1. The largest absolute Gasteiger partial charge is 0.422 e. The molecule has 0 fully saturated rings. The van der Waals surface area contributed by atoms with E-state index in [0.29, 0.717) is 39.8 Å². The highest BCUT2D eigenvalue weighted by atomic mass is 16.5. The Morgan fingerprint density at radius 3 is 2.31 bits per heavy atom. The van der Waals surface area contributed by atoms with Gasteiger partial charge in [0.25, 0.3) is 11.8 Å². The fourth-order valence-electron chi connectivity index (χ4n) is 4.09. The van der Waals surface area contributed by atoms with E-state index in [2.05, 4.69) is 6.58 Å². The normalized spacial score (nSPS) is 13.3. The van der Waals surface area contributed by atoms with Gasteiger partial charge >= 0.3 is 5.97 Å². The van der Waals surface area contributed by atoms with Gasteiger partial charge in [-0.05, 0) is 54.8 Å². The summed E-state index contributed by atoms with van der Waals surface area (Å²) in [6.07, 6.45) is 9.27. The zero-order chi connectivity index (χ0) is 24.9. The van der Waals surface area contributed by atoms with E-state index in [0.717, 1.165) is 24.0 Å². The number of hydrogen-bond donors (Lipinski definition) is 0. The van der Waals surface area contributed by atoms with Crippen molar-refractivity contribution in [1.29, 1.82) is 0 Å². The summed E-state index contributed by atoms with van der Waals surface area (Å²) in [7, 11) is 0. The molecule has 0 radical (unpaired) electrons. The lowest BCUT2D eigenvalue weighted by Gasteiger charge is -2.27. The molecule has 1 aliphatic heterocycles. The van der Waals surface area contributed by atoms with Gasteiger partial charge in [0, 0.05) is 28.4 Å². The first-order valence-electron chi connectivity index (χ1n) is 11.7. The Kier molecular flexibility index (Phi) is 7.06. The van der Waals surface area contributed by atoms with E-state index in [1.807, 2.05) is 50.3 Å². The molecule has 35 heavy (non-hydrogen) atoms. The standard InChI is InChI=1S/C30H27NO4/c1-4-6-8-10-20(3)21-13-15-22(16-14-21)30(34)35-26-18-17-25-27-23(26)11-9-12-24(27)28(32)31(29(25)33)19-7-5-2/h4,6,8-18H,3,5,7,19H2,1-2H3/b6-4-,10-8-. The molecule has 1 heterocycles. The van der Waals surface area contributed by atoms with Crippen molar-refractivity contribution >= 4 is 34.1 Å². The Morgan fingerprint density at radius 1 is 0.943 bits per heavy atom. The molecule has 0 aromatic heterocycles. The van der Waals surface area contributed by atoms with Crippen LogP contribution in [0.3, 0.4) is 0 Å². The number of hydrogen-bond acceptors (Lipinski definition) is 4. The average Bonchev–Trinajstić information content (AvgIpc) is 2.88. The van der Waals surface area contributed by atoms with Crippen LogP contribution in [0.4, 0.5) is 0 Å². The van der Waals surface area contributed by atoms with Gasteiger partial charge in [0.2, 0.25) is 0 Å². The Bertz CT molecular complexity index is 1360. The topological polar surface area (TPSA) is 63.7 Å². The molecular formula is C30H27NO4. The predicted molar refractivity (Wildman–Crippen MR) is 139 cm³/mol. The number of rotatable bonds is 8. The quantitative estimate of drug-likeness (QED) is 0.163. The van der Waals surface area contributed by atoms with Gasteiger partial charge in [-0.1, -0.05) is 68.5 Å². The molecule has 0 N–H and O–H groups in total. The summed E-state index contributed by atoms with van der Waals surface area (Å²) in [6.45, 7) is 8.38. The zero-order valence-corrected chi connectivity index (χ0v) is 19.9. The average molecular weight is 466 g/mol. The molecule has 2 amide bonds. The van der Waals surface area contributed by atoms with Crippen LogP contribution in [0.1, 0.15) is 63.3 Å². The van der Waals surface area contributed by atoms with Crippen LogP contribution in [0.2, 0.25) is 0 Å². The molecule has 0 atom stereocenters. The number of imide groups is 1. The monoisotopic (exact) mass is 465 g/mol. The minimum absolute atomic E-state index is 0.306. The highest BCUT2D eigenvalue weighted by molar-refractivity contribution is 6.26. The van der Waals surface area contributed by atoms with Crippen LogP contribution in [0.25, 0.3) is 16.3 Å². The maximum absolute atomic E-state index is 13.0. The molecular weight excluding hydrogens is 438 g/mol. The lowest BCUT2D eigenvalue weighted by atomic mass is 9.93. The fraction of sp³-hybridized carbons (Fsp3) is 0.167. The summed E-state index contributed by atoms with van der Waals surface area (Å²) < 4.78 is 5.71. The lowest BCUT2D eigenvalue weighted by molar-refractivity contribution is 0.0608. The number of ether oxygens (including phenoxy) is 1. The van der Waals surface area contributed by atoms with Crippen molar-refractivity contribution in [1.82, 2.24) is 4.90 Å². The summed E-state index contributed by atoms with van der Waals surface area (Å²) >= 11 is 0. The van der Waals surface area contributed by atoms with Crippen molar-refractivity contribution in [2.45, 2.75) is 26.7 Å². The number of amides is 2. The number of esters is 1. The van der Waals surface area contributed by atoms with Gasteiger partial charge in [-0.25, -0.2) is 4.79 Å². The summed E-state index contributed by atoms with van der Waals surface area (Å²) in [5.74, 6) is -0.847. The first-order chi connectivity index (χ1) is 17.0. The van der Waals surface area contributed by atoms with Crippen molar-refractivity contribution in [2.75, 3.05) is 6.54 Å². The molecule has 0 saturated heterocycles. The maximum Gasteiger partial charge on any atom is 0.343 e. The van der Waals surface area contributed by atoms with Crippen LogP contribution < -0.4 is 4.74 Å². The Hall–Kier alpha value is -4.25. The zero-order valence-electron chi connectivity index (χ0n) is 19.9. The van der Waals surface area contributed by atoms with Crippen molar-refractivity contribution in [3.8, 4) is 5.75 Å². The summed E-state index contributed by atoms with van der Waals surface area (Å²) in [5.41, 5.74) is 3.00. The summed E-state index contributed by atoms with van der Waals surface area (Å²) in [6, 6.07) is 15.5. The van der Waals surface area contributed by atoms with Gasteiger partial charge in [0.1, 0.15) is 5.75 Å². The predicted octanol–water partition coefficient (Wildman–Crippen LogP) is 6.60. The number of allylic oxidation sites excluding steroid dienone is 5. The summed E-state index contributed by atoms with van der Waals surface area (Å²) in [4.78, 5) is 40.2. The highest BCUT2D eigenvalue weighted by Gasteiger charge is 2.33. The summed E-state index contributed by atoms with van der Waals surface area (Å²) in [5, 5.41) is 1.09. The van der Waals surface area contributed by atoms with Crippen LogP contribution >= 0.6 is 0 Å². The van der Waals surface area contributed by atoms with Crippen molar-refractivity contribution < 1.29 is 19.1 Å². The minimum atomic E-state index is -0.523. The molecule has 176 valence electrons. The molecule has 0 saturated carbocycles. The van der Waals surface area contributed by atoms with E-state index in [9.17, 15) is 14.4 Å². The van der Waals surface area contributed by atoms with E-state index in [1.165, 1.54) is 4.90 Å². The van der Waals surface area contributed by atoms with Gasteiger partial charge in [-0.2, -0.15) is 0 Å². The molecule has 0 aliphatic carbocycles. The number of unbranched alkanes of at least 4 members (excludes halogenated alkanes) is 1. The van der Waals surface area contributed by atoms with Crippen molar-refractivity contribution in [3.63, 3.8) is 0 Å². The SMILES string of the molecule is C=C(/C=C\C=C/C)c1ccc(C(=O)Oc2ccc3c4c(cccc24)C(=O)N(CCCC)C3=O)cc1. The molecule has 5 nitrogen and oxygen atoms in total. The molecule has 0 unspecified atom stereocenters. The van der Waals surface area contributed by atoms with E-state index in [-0.39, 0.29) is 11.8 Å². The van der Waals surface area contributed by atoms with Crippen LogP contribution in [-0.4, -0.2) is 29.2 Å². The molecule has 1 aliphatic rings. The first kappa shape index (κ1) is 23.9. The smallest absolute Gasteiger partial charge is 0.343 e. The highest BCUT2D eigenvalue weighted by Crippen LogP contribution is 2.36. The van der Waals surface area contributed by atoms with Crippen molar-refractivity contribution in [2.24, 2.45) is 0 Å². The van der Waals surface area contributed by atoms with Gasteiger partial charge in [0.15, 0.2) is 0 Å². The molecule has 0 bridgehead atoms. The Morgan fingerprint density at radius 2 is 1.63 bits per heavy atom. The molecule has 5 heteroatoms. The Labute approximate surface area is 205 Å². The lowest BCUT2D eigenvalue weighted by Crippen LogP contribution is -2.40. The van der Waals surface area contributed by atoms with Gasteiger partial charge < -0.3 is 4.74 Å². The van der Waals surface area contributed by atoms with Crippen molar-refractivity contribution in [3.05, 3.63) is 108 Å². The van der Waals surface area contributed by atoms with Gasteiger partial charge in [-0.15, -0.1) is 0 Å². The second-order valence-electron chi connectivity index (χ2n) is 8.33. The van der Waals surface area contributed by atoms with Gasteiger partial charge in [-0.3, -0.25) is 14.5 Å². The minimum Gasteiger partial charge on any atom is -0.422 e. The second kappa shape index (κ2) is 10.3. The van der Waals surface area contributed by atoms with Crippen LogP contribution in [0, 0.1) is 0 Å². The van der Waals surface area contributed by atoms with Crippen LogP contribution in [0.5, 0.6) is 5.75 Å². The first-order valence-corrected chi connectivity index (χ1v) is 11.7. The van der Waals surface area contributed by atoms with Crippen LogP contribution in [0.15, 0.2) is 85.5 Å². The third-order valence-electron chi connectivity index (χ3n) is 5.98. The third-order valence-corrected chi connectivity index (χ3v) is 5.98. The third kappa shape index (κ3) is 4.71. The van der Waals surface area contributed by atoms with E-state index < -0.39 is 5.97 Å². The fourth-order valence-corrected chi connectivity index (χ4v) is 4.09. The van der Waals surface area contributed by atoms with Gasteiger partial charge in [0.05, 0.1) is 5.56 Å². The molecule has 3 aromatic carbocycles. The number of benzene rings is 3. The molecule has 0 spiro atoms. The van der Waals surface area contributed by atoms with E-state index in [4.69, 9.17) is 4.74 Å². The number of carbonyl (C=O) groups excluding carboxylic acids is 3. The Balaban J connectivity index is 1.61.